The van der Waals surface area contributed by atoms with Crippen LogP contribution in [-0.2, 0) is 5.41 Å². The van der Waals surface area contributed by atoms with E-state index in [4.69, 9.17) is 0 Å². The summed E-state index contributed by atoms with van der Waals surface area (Å²) in [6, 6.07) is 70.0. The van der Waals surface area contributed by atoms with Gasteiger partial charge in [-0.3, -0.25) is 0 Å². The van der Waals surface area contributed by atoms with Crippen molar-refractivity contribution in [3.8, 4) is 28.2 Å². The van der Waals surface area contributed by atoms with E-state index in [1.165, 1.54) is 119 Å². The molecule has 9 aromatic carbocycles. The fourth-order valence-corrected chi connectivity index (χ4v) is 13.5. The summed E-state index contributed by atoms with van der Waals surface area (Å²) < 4.78 is 7.35. The number of rotatable bonds is 3. The van der Waals surface area contributed by atoms with E-state index in [1.807, 2.05) is 23.5 Å². The normalized spacial score (nSPS) is 14.0. The number of aromatic nitrogens is 3. The molecule has 4 heterocycles. The molecule has 3 nitrogen and oxygen atoms in total. The molecule has 1 aliphatic carbocycles. The van der Waals surface area contributed by atoms with Crippen LogP contribution in [0, 0.1) is 0 Å². The van der Waals surface area contributed by atoms with Crippen LogP contribution in [0.1, 0.15) is 25.0 Å². The molecule has 0 fully saturated rings. The van der Waals surface area contributed by atoms with E-state index < -0.39 is 0 Å². The zero-order valence-corrected chi connectivity index (χ0v) is 35.7. The van der Waals surface area contributed by atoms with Gasteiger partial charge < -0.3 is 13.7 Å². The van der Waals surface area contributed by atoms with Crippen LogP contribution in [0.2, 0.25) is 0 Å². The van der Waals surface area contributed by atoms with Crippen molar-refractivity contribution in [2.75, 3.05) is 0 Å². The maximum atomic E-state index is 2.51. The number of hydrogen-bond donors (Lipinski definition) is 0. The minimum Gasteiger partial charge on any atom is -0.309 e. The number of nitrogens with zero attached hydrogens (tertiary/aromatic N) is 3. The first kappa shape index (κ1) is 34.8. The van der Waals surface area contributed by atoms with E-state index in [9.17, 15) is 0 Å². The highest BCUT2D eigenvalue weighted by atomic mass is 32.2. The van der Waals surface area contributed by atoms with E-state index in [0.29, 0.717) is 0 Å². The van der Waals surface area contributed by atoms with E-state index in [-0.39, 0.29) is 5.41 Å². The Bertz CT molecular complexity index is 3900. The first-order valence-electron chi connectivity index (χ1n) is 21.3. The Hall–Kier alpha value is -6.92. The van der Waals surface area contributed by atoms with Gasteiger partial charge in [0, 0.05) is 74.4 Å². The van der Waals surface area contributed by atoms with Gasteiger partial charge in [-0.25, -0.2) is 0 Å². The van der Waals surface area contributed by atoms with Crippen molar-refractivity contribution in [2.45, 2.75) is 38.8 Å². The van der Waals surface area contributed by atoms with E-state index in [0.717, 1.165) is 5.69 Å². The Kier molecular flexibility index (Phi) is 7.05. The summed E-state index contributed by atoms with van der Waals surface area (Å²) in [5, 5.41) is 7.55. The Labute approximate surface area is 366 Å². The van der Waals surface area contributed by atoms with E-state index in [2.05, 4.69) is 216 Å². The zero-order valence-electron chi connectivity index (χ0n) is 34.1. The first-order valence-corrected chi connectivity index (χ1v) is 23.0. The van der Waals surface area contributed by atoms with Crippen molar-refractivity contribution < 1.29 is 0 Å². The van der Waals surface area contributed by atoms with Crippen LogP contribution in [0.15, 0.2) is 208 Å². The molecule has 0 atom stereocenters. The summed E-state index contributed by atoms with van der Waals surface area (Å²) in [5.74, 6) is 0. The van der Waals surface area contributed by atoms with Gasteiger partial charge in [-0.05, 0) is 119 Å². The Morgan fingerprint density at radius 3 is 1.44 bits per heavy atom. The molecule has 0 saturated carbocycles. The first-order chi connectivity index (χ1) is 30.5. The fraction of sp³-hybridized carbons (Fsp3) is 0.0526. The maximum absolute atomic E-state index is 2.51. The highest BCUT2D eigenvalue weighted by Crippen LogP contribution is 2.59. The lowest BCUT2D eigenvalue weighted by Crippen LogP contribution is -2.17. The lowest BCUT2D eigenvalue weighted by Gasteiger charge is -2.28. The molecule has 5 heteroatoms. The zero-order chi connectivity index (χ0) is 40.8. The van der Waals surface area contributed by atoms with Gasteiger partial charge in [-0.2, -0.15) is 0 Å². The van der Waals surface area contributed by atoms with Crippen molar-refractivity contribution in [1.82, 2.24) is 13.7 Å². The molecular formula is C57H37N3S2. The summed E-state index contributed by atoms with van der Waals surface area (Å²) >= 11 is 3.85. The average Bonchev–Trinajstić information content (AvgIpc) is 4.00. The standard InChI is InChI=1S/C57H37N3S2/c1-57(2)45-33-51-44(32-41(45)40-26-29-54-56(55(40)57)62-53-23-13-12-22-52(53)61-54)39-18-8-11-21-48(39)60(51)36-25-28-50-43(31-36)38-17-7-10-20-47(38)59(50)35-24-27-49-42(30-35)37-16-6-9-19-46(37)58(49)34-14-4-3-5-15-34/h3-33H,1-2H3. The van der Waals surface area contributed by atoms with Gasteiger partial charge >= 0.3 is 0 Å². The maximum Gasteiger partial charge on any atom is 0.0544 e. The van der Waals surface area contributed by atoms with Gasteiger partial charge in [-0.15, -0.1) is 0 Å². The van der Waals surface area contributed by atoms with Crippen LogP contribution >= 0.6 is 23.5 Å². The molecule has 0 unspecified atom stereocenters. The van der Waals surface area contributed by atoms with Gasteiger partial charge in [-0.1, -0.05) is 128 Å². The summed E-state index contributed by atoms with van der Waals surface area (Å²) in [7, 11) is 0. The third-order valence-corrected chi connectivity index (χ3v) is 16.2. The van der Waals surface area contributed by atoms with E-state index >= 15 is 0 Å². The van der Waals surface area contributed by atoms with Crippen molar-refractivity contribution in [2.24, 2.45) is 0 Å². The molecule has 0 radical (unpaired) electrons. The minimum atomic E-state index is -0.169. The molecule has 0 bridgehead atoms. The molecule has 1 aliphatic heterocycles. The highest BCUT2D eigenvalue weighted by Gasteiger charge is 2.40. The molecule has 2 aliphatic rings. The second-order valence-electron chi connectivity index (χ2n) is 17.3. The monoisotopic (exact) mass is 827 g/mol. The molecule has 3 aromatic heterocycles. The summed E-state index contributed by atoms with van der Waals surface area (Å²) in [5.41, 5.74) is 16.2. The van der Waals surface area contributed by atoms with Crippen LogP contribution in [0.25, 0.3) is 93.6 Å². The van der Waals surface area contributed by atoms with Crippen LogP contribution in [0.5, 0.6) is 0 Å². The van der Waals surface area contributed by atoms with E-state index in [1.54, 1.807) is 0 Å². The van der Waals surface area contributed by atoms with Crippen LogP contribution < -0.4 is 0 Å². The molecule has 0 spiro atoms. The number of benzene rings is 9. The quantitative estimate of drug-likeness (QED) is 0.176. The van der Waals surface area contributed by atoms with Gasteiger partial charge in [0.25, 0.3) is 0 Å². The van der Waals surface area contributed by atoms with Crippen LogP contribution in [0.3, 0.4) is 0 Å². The van der Waals surface area contributed by atoms with Gasteiger partial charge in [0.15, 0.2) is 0 Å². The largest absolute Gasteiger partial charge is 0.309 e. The van der Waals surface area contributed by atoms with Crippen molar-refractivity contribution in [3.05, 3.63) is 199 Å². The van der Waals surface area contributed by atoms with Crippen LogP contribution in [0.4, 0.5) is 0 Å². The lowest BCUT2D eigenvalue weighted by atomic mass is 9.82. The Balaban J connectivity index is 0.961. The topological polar surface area (TPSA) is 14.8 Å². The van der Waals surface area contributed by atoms with Gasteiger partial charge in [0.05, 0.1) is 33.1 Å². The second-order valence-corrected chi connectivity index (χ2v) is 19.4. The Morgan fingerprint density at radius 2 is 0.823 bits per heavy atom. The van der Waals surface area contributed by atoms with Crippen LogP contribution in [-0.4, -0.2) is 13.7 Å². The number of fused-ring (bicyclic) bond motifs is 15. The average molecular weight is 828 g/mol. The summed E-state index contributed by atoms with van der Waals surface area (Å²) in [6.45, 7) is 4.86. The third-order valence-electron chi connectivity index (χ3n) is 13.6. The molecule has 12 aromatic rings. The molecule has 14 rings (SSSR count). The predicted octanol–water partition coefficient (Wildman–Crippen LogP) is 15.9. The molecule has 0 amide bonds. The molecular weight excluding hydrogens is 791 g/mol. The number of hydrogen-bond acceptors (Lipinski definition) is 2. The lowest BCUT2D eigenvalue weighted by molar-refractivity contribution is 0.643. The van der Waals surface area contributed by atoms with Crippen molar-refractivity contribution in [1.29, 1.82) is 0 Å². The SMILES string of the molecule is CC1(C)c2cc3c(cc2-c2ccc4c(c21)Sc1ccccc1S4)c1ccccc1n3-c1ccc2c(c1)c1ccccc1n2-c1ccc2c(c1)c1ccccc1n2-c1ccccc1. The highest BCUT2D eigenvalue weighted by molar-refractivity contribution is 8.05. The van der Waals surface area contributed by atoms with Gasteiger partial charge in [0.1, 0.15) is 0 Å². The van der Waals surface area contributed by atoms with Crippen molar-refractivity contribution >= 4 is 88.9 Å². The molecule has 0 N–H and O–H groups in total. The minimum absolute atomic E-state index is 0.169. The molecule has 62 heavy (non-hydrogen) atoms. The third kappa shape index (κ3) is 4.64. The Morgan fingerprint density at radius 1 is 0.339 bits per heavy atom. The summed E-state index contributed by atoms with van der Waals surface area (Å²) in [6.07, 6.45) is 0. The molecule has 0 saturated heterocycles. The van der Waals surface area contributed by atoms with Gasteiger partial charge in [0.2, 0.25) is 0 Å². The summed E-state index contributed by atoms with van der Waals surface area (Å²) in [4.78, 5) is 5.46. The van der Waals surface area contributed by atoms with Crippen molar-refractivity contribution in [3.63, 3.8) is 0 Å². The predicted molar refractivity (Wildman–Crippen MR) is 262 cm³/mol. The number of para-hydroxylation sites is 4. The second kappa shape index (κ2) is 12.6. The molecule has 292 valence electrons. The fourth-order valence-electron chi connectivity index (χ4n) is 10.9. The smallest absolute Gasteiger partial charge is 0.0544 e.